The van der Waals surface area contributed by atoms with Gasteiger partial charge in [-0.2, -0.15) is 0 Å². The lowest BCUT2D eigenvalue weighted by molar-refractivity contribution is -0.131. The summed E-state index contributed by atoms with van der Waals surface area (Å²) in [7, 11) is 3.25. The van der Waals surface area contributed by atoms with Crippen molar-refractivity contribution in [1.82, 2.24) is 10.2 Å². The van der Waals surface area contributed by atoms with Crippen molar-refractivity contribution in [1.29, 1.82) is 0 Å². The van der Waals surface area contributed by atoms with E-state index in [1.165, 1.54) is 12.8 Å². The normalized spacial score (nSPS) is 16.7. The molecular weight excluding hydrogens is 340 g/mol. The minimum absolute atomic E-state index is 0.0841. The van der Waals surface area contributed by atoms with Gasteiger partial charge in [0.1, 0.15) is 5.75 Å². The molecule has 144 valence electrons. The van der Waals surface area contributed by atoms with E-state index < -0.39 is 6.10 Å². The van der Waals surface area contributed by atoms with Crippen molar-refractivity contribution >= 4 is 5.91 Å². The number of carbonyl (C=O) groups excluding carboxylic acids is 1. The molecule has 1 amide bonds. The summed E-state index contributed by atoms with van der Waals surface area (Å²) in [6.07, 6.45) is 1.76. The molecule has 0 bridgehead atoms. The van der Waals surface area contributed by atoms with E-state index in [1.54, 1.807) is 14.2 Å². The second-order valence-electron chi connectivity index (χ2n) is 6.77. The van der Waals surface area contributed by atoms with Gasteiger partial charge in [-0.25, -0.2) is 0 Å². The lowest BCUT2D eigenvalue weighted by Crippen LogP contribution is -2.39. The molecule has 2 aromatic carbocycles. The molecule has 1 aliphatic rings. The van der Waals surface area contributed by atoms with Gasteiger partial charge in [-0.1, -0.05) is 48.5 Å². The highest BCUT2D eigenvalue weighted by atomic mass is 16.5. The van der Waals surface area contributed by atoms with Crippen LogP contribution >= 0.6 is 0 Å². The minimum Gasteiger partial charge on any atom is -0.496 e. The highest BCUT2D eigenvalue weighted by molar-refractivity contribution is 5.82. The first-order chi connectivity index (χ1) is 13.2. The van der Waals surface area contributed by atoms with Crippen LogP contribution in [0, 0.1) is 0 Å². The summed E-state index contributed by atoms with van der Waals surface area (Å²) in [6, 6.07) is 17.7. The lowest BCUT2D eigenvalue weighted by atomic mass is 10.0. The number of methoxy groups -OCH3 is 2. The monoisotopic (exact) mass is 368 g/mol. The average Bonchev–Trinajstić information content (AvgIpc) is 3.24. The summed E-state index contributed by atoms with van der Waals surface area (Å²) >= 11 is 0. The molecule has 1 fully saturated rings. The van der Waals surface area contributed by atoms with Gasteiger partial charge in [0.15, 0.2) is 6.10 Å². The van der Waals surface area contributed by atoms with Crippen molar-refractivity contribution in [2.45, 2.75) is 25.0 Å². The number of carbonyl (C=O) groups is 1. The maximum Gasteiger partial charge on any atom is 0.253 e. The lowest BCUT2D eigenvalue weighted by Gasteiger charge is -2.30. The minimum atomic E-state index is -0.608. The average molecular weight is 368 g/mol. The second kappa shape index (κ2) is 9.53. The van der Waals surface area contributed by atoms with Crippen LogP contribution in [0.3, 0.4) is 0 Å². The molecule has 5 heteroatoms. The number of hydrogen-bond acceptors (Lipinski definition) is 4. The van der Waals surface area contributed by atoms with E-state index in [-0.39, 0.29) is 11.9 Å². The van der Waals surface area contributed by atoms with Gasteiger partial charge in [-0.05, 0) is 37.6 Å². The van der Waals surface area contributed by atoms with Gasteiger partial charge in [0, 0.05) is 19.2 Å². The first-order valence-corrected chi connectivity index (χ1v) is 9.47. The third kappa shape index (κ3) is 4.67. The van der Waals surface area contributed by atoms with Crippen molar-refractivity contribution in [2.24, 2.45) is 0 Å². The Morgan fingerprint density at radius 3 is 2.37 bits per heavy atom. The zero-order valence-electron chi connectivity index (χ0n) is 16.1. The quantitative estimate of drug-likeness (QED) is 0.776. The molecule has 0 radical (unpaired) electrons. The van der Waals surface area contributed by atoms with Gasteiger partial charge in [0.2, 0.25) is 0 Å². The Balaban J connectivity index is 1.75. The fourth-order valence-corrected chi connectivity index (χ4v) is 3.74. The zero-order chi connectivity index (χ0) is 19.1. The Hall–Kier alpha value is -2.37. The number of rotatable bonds is 8. The Morgan fingerprint density at radius 1 is 1.04 bits per heavy atom. The maximum absolute atomic E-state index is 12.8. The van der Waals surface area contributed by atoms with Crippen LogP contribution in [0.4, 0.5) is 0 Å². The molecule has 1 saturated heterocycles. The molecule has 0 aromatic heterocycles. The van der Waals surface area contributed by atoms with Crippen LogP contribution in [0.25, 0.3) is 0 Å². The van der Waals surface area contributed by atoms with Gasteiger partial charge in [-0.15, -0.1) is 0 Å². The number of nitrogens with zero attached hydrogens (tertiary/aromatic N) is 1. The summed E-state index contributed by atoms with van der Waals surface area (Å²) in [4.78, 5) is 15.2. The standard InChI is InChI=1S/C22H28N2O3/c1-26-20-13-7-6-12-18(20)19(24-14-8-9-15-24)16-23-22(25)21(27-2)17-10-4-3-5-11-17/h3-7,10-13,19,21H,8-9,14-16H2,1-2H3,(H,23,25). The van der Waals surface area contributed by atoms with Gasteiger partial charge < -0.3 is 14.8 Å². The highest BCUT2D eigenvalue weighted by Gasteiger charge is 2.28. The molecule has 5 nitrogen and oxygen atoms in total. The predicted octanol–water partition coefficient (Wildman–Crippen LogP) is 3.34. The Kier molecular flexibility index (Phi) is 6.85. The summed E-state index contributed by atoms with van der Waals surface area (Å²) in [5, 5.41) is 3.10. The largest absolute Gasteiger partial charge is 0.496 e. The molecule has 2 unspecified atom stereocenters. The Labute approximate surface area is 161 Å². The Morgan fingerprint density at radius 2 is 1.70 bits per heavy atom. The van der Waals surface area contributed by atoms with Crippen LogP contribution < -0.4 is 10.1 Å². The number of ether oxygens (including phenoxy) is 2. The molecule has 27 heavy (non-hydrogen) atoms. The van der Waals surface area contributed by atoms with Gasteiger partial charge in [-0.3, -0.25) is 9.69 Å². The van der Waals surface area contributed by atoms with E-state index in [1.807, 2.05) is 48.5 Å². The molecule has 2 aromatic rings. The van der Waals surface area contributed by atoms with Crippen LogP contribution in [-0.2, 0) is 9.53 Å². The highest BCUT2D eigenvalue weighted by Crippen LogP contribution is 2.31. The number of likely N-dealkylation sites (tertiary alicyclic amines) is 1. The molecule has 1 N–H and O–H groups in total. The molecule has 3 rings (SSSR count). The number of para-hydroxylation sites is 1. The van der Waals surface area contributed by atoms with Crippen molar-refractivity contribution < 1.29 is 14.3 Å². The van der Waals surface area contributed by atoms with E-state index in [2.05, 4.69) is 16.3 Å². The fourth-order valence-electron chi connectivity index (χ4n) is 3.74. The molecule has 1 heterocycles. The molecule has 2 atom stereocenters. The van der Waals surface area contributed by atoms with E-state index in [4.69, 9.17) is 9.47 Å². The van der Waals surface area contributed by atoms with Crippen LogP contribution in [0.5, 0.6) is 5.75 Å². The van der Waals surface area contributed by atoms with Gasteiger partial charge >= 0.3 is 0 Å². The van der Waals surface area contributed by atoms with Crippen LogP contribution in [-0.4, -0.2) is 44.7 Å². The Bertz CT molecular complexity index is 729. The van der Waals surface area contributed by atoms with Gasteiger partial charge in [0.25, 0.3) is 5.91 Å². The third-order valence-corrected chi connectivity index (χ3v) is 5.13. The number of hydrogen-bond donors (Lipinski definition) is 1. The predicted molar refractivity (Wildman–Crippen MR) is 106 cm³/mol. The molecule has 1 aliphatic heterocycles. The second-order valence-corrected chi connectivity index (χ2v) is 6.77. The van der Waals surface area contributed by atoms with Crippen LogP contribution in [0.15, 0.2) is 54.6 Å². The van der Waals surface area contributed by atoms with E-state index in [0.29, 0.717) is 6.54 Å². The number of benzene rings is 2. The third-order valence-electron chi connectivity index (χ3n) is 5.13. The molecular formula is C22H28N2O3. The smallest absolute Gasteiger partial charge is 0.253 e. The number of nitrogens with one attached hydrogen (secondary N) is 1. The van der Waals surface area contributed by atoms with Crippen LogP contribution in [0.2, 0.25) is 0 Å². The van der Waals surface area contributed by atoms with Crippen LogP contribution in [0.1, 0.15) is 36.1 Å². The van der Waals surface area contributed by atoms with E-state index in [9.17, 15) is 4.79 Å². The van der Waals surface area contributed by atoms with E-state index in [0.717, 1.165) is 30.0 Å². The van der Waals surface area contributed by atoms with Crippen molar-refractivity contribution in [3.8, 4) is 5.75 Å². The fraction of sp³-hybridized carbons (Fsp3) is 0.409. The first kappa shape index (κ1) is 19.4. The molecule has 0 saturated carbocycles. The summed E-state index contributed by atoms with van der Waals surface area (Å²) in [5.41, 5.74) is 1.96. The topological polar surface area (TPSA) is 50.8 Å². The van der Waals surface area contributed by atoms with Crippen molar-refractivity contribution in [3.05, 3.63) is 65.7 Å². The van der Waals surface area contributed by atoms with Crippen molar-refractivity contribution in [2.75, 3.05) is 33.9 Å². The van der Waals surface area contributed by atoms with Crippen molar-refractivity contribution in [3.63, 3.8) is 0 Å². The van der Waals surface area contributed by atoms with Gasteiger partial charge in [0.05, 0.1) is 13.2 Å². The maximum atomic E-state index is 12.8. The molecule has 0 spiro atoms. The van der Waals surface area contributed by atoms with E-state index >= 15 is 0 Å². The SMILES string of the molecule is COc1ccccc1C(CNC(=O)C(OC)c1ccccc1)N1CCCC1. The summed E-state index contributed by atoms with van der Waals surface area (Å²) < 4.78 is 11.0. The summed E-state index contributed by atoms with van der Waals surface area (Å²) in [5.74, 6) is 0.734. The zero-order valence-corrected chi connectivity index (χ0v) is 16.1. The number of amides is 1. The summed E-state index contributed by atoms with van der Waals surface area (Å²) in [6.45, 7) is 2.59. The molecule has 0 aliphatic carbocycles. The first-order valence-electron chi connectivity index (χ1n) is 9.47.